The molecular weight excluding hydrogens is 136 g/mol. The zero-order valence-corrected chi connectivity index (χ0v) is 5.86. The van der Waals surface area contributed by atoms with Gasteiger partial charge in [0, 0.05) is 13.5 Å². The molecule has 0 aliphatic carbocycles. The van der Waals surface area contributed by atoms with E-state index in [9.17, 15) is 0 Å². The van der Waals surface area contributed by atoms with E-state index in [1.165, 1.54) is 0 Å². The first kappa shape index (κ1) is 7.94. The number of rotatable bonds is 1. The SMILES string of the molecule is CO[C@@H]1CO[C@H](O)[C@@H](O)C1. The van der Waals surface area contributed by atoms with Crippen molar-refractivity contribution in [2.24, 2.45) is 0 Å². The molecule has 10 heavy (non-hydrogen) atoms. The highest BCUT2D eigenvalue weighted by atomic mass is 16.6. The first-order valence-corrected chi connectivity index (χ1v) is 3.24. The van der Waals surface area contributed by atoms with Crippen LogP contribution in [0.4, 0.5) is 0 Å². The van der Waals surface area contributed by atoms with E-state index in [4.69, 9.17) is 19.7 Å². The van der Waals surface area contributed by atoms with Crippen molar-refractivity contribution < 1.29 is 19.7 Å². The van der Waals surface area contributed by atoms with Gasteiger partial charge in [0.1, 0.15) is 6.10 Å². The molecular formula is C6H12O4. The van der Waals surface area contributed by atoms with Crippen LogP contribution < -0.4 is 0 Å². The van der Waals surface area contributed by atoms with Gasteiger partial charge >= 0.3 is 0 Å². The van der Waals surface area contributed by atoms with Gasteiger partial charge in [-0.25, -0.2) is 0 Å². The Morgan fingerprint density at radius 2 is 2.20 bits per heavy atom. The Kier molecular flexibility index (Phi) is 2.62. The Balaban J connectivity index is 2.33. The van der Waals surface area contributed by atoms with Gasteiger partial charge in [0.05, 0.1) is 12.7 Å². The molecule has 4 nitrogen and oxygen atoms in total. The van der Waals surface area contributed by atoms with Crippen LogP contribution in [-0.2, 0) is 9.47 Å². The normalized spacial score (nSPS) is 41.7. The number of hydrogen-bond donors (Lipinski definition) is 2. The van der Waals surface area contributed by atoms with Gasteiger partial charge in [0.25, 0.3) is 0 Å². The standard InChI is InChI=1S/C6H12O4/c1-9-4-2-5(7)6(8)10-3-4/h4-8H,2-3H2,1H3/t4-,5-,6-/m0/s1. The molecule has 0 aromatic rings. The van der Waals surface area contributed by atoms with Gasteiger partial charge in [-0.05, 0) is 0 Å². The fraction of sp³-hybridized carbons (Fsp3) is 1.00. The molecule has 0 spiro atoms. The molecule has 0 unspecified atom stereocenters. The summed E-state index contributed by atoms with van der Waals surface area (Å²) in [7, 11) is 1.55. The largest absolute Gasteiger partial charge is 0.388 e. The summed E-state index contributed by atoms with van der Waals surface area (Å²) in [5.74, 6) is 0. The van der Waals surface area contributed by atoms with E-state index in [1.807, 2.05) is 0 Å². The second-order valence-electron chi connectivity index (χ2n) is 2.38. The van der Waals surface area contributed by atoms with Crippen molar-refractivity contribution in [3.63, 3.8) is 0 Å². The number of methoxy groups -OCH3 is 1. The highest BCUT2D eigenvalue weighted by molar-refractivity contribution is 4.71. The van der Waals surface area contributed by atoms with Crippen LogP contribution in [0.3, 0.4) is 0 Å². The van der Waals surface area contributed by atoms with Crippen LogP contribution in [-0.4, -0.2) is 42.4 Å². The maximum atomic E-state index is 9.02. The van der Waals surface area contributed by atoms with Gasteiger partial charge in [-0.3, -0.25) is 0 Å². The maximum absolute atomic E-state index is 9.02. The first-order chi connectivity index (χ1) is 4.74. The third kappa shape index (κ3) is 1.67. The van der Waals surface area contributed by atoms with Crippen LogP contribution >= 0.6 is 0 Å². The van der Waals surface area contributed by atoms with E-state index in [-0.39, 0.29) is 6.10 Å². The van der Waals surface area contributed by atoms with E-state index >= 15 is 0 Å². The quantitative estimate of drug-likeness (QED) is 0.506. The Labute approximate surface area is 59.4 Å². The van der Waals surface area contributed by atoms with Crippen molar-refractivity contribution in [2.75, 3.05) is 13.7 Å². The molecule has 0 radical (unpaired) electrons. The fourth-order valence-electron chi connectivity index (χ4n) is 0.935. The third-order valence-corrected chi connectivity index (χ3v) is 1.62. The summed E-state index contributed by atoms with van der Waals surface area (Å²) in [5, 5.41) is 17.9. The second-order valence-corrected chi connectivity index (χ2v) is 2.38. The van der Waals surface area contributed by atoms with Crippen LogP contribution in [0.5, 0.6) is 0 Å². The average Bonchev–Trinajstić information content (AvgIpc) is 1.95. The van der Waals surface area contributed by atoms with Crippen LogP contribution in [0.2, 0.25) is 0 Å². The number of ether oxygens (including phenoxy) is 2. The van der Waals surface area contributed by atoms with Gasteiger partial charge in [-0.15, -0.1) is 0 Å². The lowest BCUT2D eigenvalue weighted by Gasteiger charge is -2.28. The second kappa shape index (κ2) is 3.30. The molecule has 0 aromatic carbocycles. The lowest BCUT2D eigenvalue weighted by Crippen LogP contribution is -2.41. The summed E-state index contributed by atoms with van der Waals surface area (Å²) in [5.41, 5.74) is 0. The predicted octanol–water partition coefficient (Wildman–Crippen LogP) is -0.899. The van der Waals surface area contributed by atoms with Crippen molar-refractivity contribution in [1.82, 2.24) is 0 Å². The van der Waals surface area contributed by atoms with Gasteiger partial charge in [0.2, 0.25) is 0 Å². The topological polar surface area (TPSA) is 58.9 Å². The van der Waals surface area contributed by atoms with Crippen LogP contribution in [0.1, 0.15) is 6.42 Å². The van der Waals surface area contributed by atoms with E-state index in [1.54, 1.807) is 7.11 Å². The molecule has 4 heteroatoms. The number of hydrogen-bond acceptors (Lipinski definition) is 4. The first-order valence-electron chi connectivity index (χ1n) is 3.24. The monoisotopic (exact) mass is 148 g/mol. The zero-order valence-electron chi connectivity index (χ0n) is 5.86. The minimum absolute atomic E-state index is 0.0848. The van der Waals surface area contributed by atoms with Crippen molar-refractivity contribution in [3.05, 3.63) is 0 Å². The summed E-state index contributed by atoms with van der Waals surface area (Å²) in [6.45, 7) is 0.356. The predicted molar refractivity (Wildman–Crippen MR) is 33.4 cm³/mol. The molecule has 0 aromatic heterocycles. The molecule has 1 rings (SSSR count). The Morgan fingerprint density at radius 3 is 2.70 bits per heavy atom. The molecule has 3 atom stereocenters. The van der Waals surface area contributed by atoms with E-state index in [2.05, 4.69) is 0 Å². The zero-order chi connectivity index (χ0) is 7.56. The molecule has 2 N–H and O–H groups in total. The highest BCUT2D eigenvalue weighted by Crippen LogP contribution is 2.13. The summed E-state index contributed by atoms with van der Waals surface area (Å²) in [6.07, 6.45) is -1.49. The third-order valence-electron chi connectivity index (χ3n) is 1.62. The molecule has 0 amide bonds. The van der Waals surface area contributed by atoms with Crippen LogP contribution in [0.25, 0.3) is 0 Å². The maximum Gasteiger partial charge on any atom is 0.181 e. The van der Waals surface area contributed by atoms with Crippen LogP contribution in [0, 0.1) is 0 Å². The minimum Gasteiger partial charge on any atom is -0.388 e. The molecule has 1 fully saturated rings. The summed E-state index contributed by atoms with van der Waals surface area (Å²) < 4.78 is 9.69. The average molecular weight is 148 g/mol. The van der Waals surface area contributed by atoms with Gasteiger partial charge in [-0.2, -0.15) is 0 Å². The summed E-state index contributed by atoms with van der Waals surface area (Å²) in [4.78, 5) is 0. The molecule has 1 heterocycles. The number of aliphatic hydroxyl groups excluding tert-OH is 2. The minimum atomic E-state index is -1.04. The highest BCUT2D eigenvalue weighted by Gasteiger charge is 2.27. The van der Waals surface area contributed by atoms with Crippen molar-refractivity contribution in [1.29, 1.82) is 0 Å². The van der Waals surface area contributed by atoms with E-state index < -0.39 is 12.4 Å². The van der Waals surface area contributed by atoms with Gasteiger partial charge in [0.15, 0.2) is 6.29 Å². The van der Waals surface area contributed by atoms with Crippen molar-refractivity contribution in [2.45, 2.75) is 24.9 Å². The van der Waals surface area contributed by atoms with Gasteiger partial charge in [-0.1, -0.05) is 0 Å². The van der Waals surface area contributed by atoms with Crippen molar-refractivity contribution >= 4 is 0 Å². The summed E-state index contributed by atoms with van der Waals surface area (Å²) in [6, 6.07) is 0. The molecule has 1 aliphatic rings. The molecule has 1 aliphatic heterocycles. The molecule has 1 saturated heterocycles. The Morgan fingerprint density at radius 1 is 1.50 bits per heavy atom. The Bertz CT molecular complexity index is 106. The lowest BCUT2D eigenvalue weighted by atomic mass is 10.1. The summed E-state index contributed by atoms with van der Waals surface area (Å²) >= 11 is 0. The van der Waals surface area contributed by atoms with E-state index in [0.29, 0.717) is 13.0 Å². The van der Waals surface area contributed by atoms with Crippen LogP contribution in [0.15, 0.2) is 0 Å². The van der Waals surface area contributed by atoms with Gasteiger partial charge < -0.3 is 19.7 Å². The van der Waals surface area contributed by atoms with E-state index in [0.717, 1.165) is 0 Å². The Hall–Kier alpha value is -0.160. The lowest BCUT2D eigenvalue weighted by molar-refractivity contribution is -0.215. The molecule has 0 saturated carbocycles. The molecule has 0 bridgehead atoms. The fourth-order valence-corrected chi connectivity index (χ4v) is 0.935. The van der Waals surface area contributed by atoms with Crippen molar-refractivity contribution in [3.8, 4) is 0 Å². The number of aliphatic hydroxyl groups is 2. The smallest absolute Gasteiger partial charge is 0.181 e. The molecule has 60 valence electrons.